The summed E-state index contributed by atoms with van der Waals surface area (Å²) in [5.41, 5.74) is 10.7. The standard InChI is InChI=1S/C9H21N3/c1-6-9(5,8(2,3)4)12-7(10)11/h6H2,1-5H3,(H4,10,11,12). The van der Waals surface area contributed by atoms with Crippen LogP contribution in [-0.4, -0.2) is 11.5 Å². The van der Waals surface area contributed by atoms with Crippen molar-refractivity contribution >= 4 is 5.96 Å². The molecule has 12 heavy (non-hydrogen) atoms. The van der Waals surface area contributed by atoms with Crippen molar-refractivity contribution in [3.05, 3.63) is 0 Å². The molecule has 0 fully saturated rings. The molecule has 0 aromatic carbocycles. The summed E-state index contributed by atoms with van der Waals surface area (Å²) in [6, 6.07) is 0. The van der Waals surface area contributed by atoms with Crippen LogP contribution in [0, 0.1) is 5.41 Å². The quantitative estimate of drug-likeness (QED) is 0.488. The number of aliphatic imine (C=N–C) groups is 1. The van der Waals surface area contributed by atoms with E-state index in [1.54, 1.807) is 0 Å². The lowest BCUT2D eigenvalue weighted by atomic mass is 9.74. The molecule has 0 aliphatic rings. The van der Waals surface area contributed by atoms with Gasteiger partial charge in [-0.2, -0.15) is 0 Å². The zero-order valence-corrected chi connectivity index (χ0v) is 8.81. The van der Waals surface area contributed by atoms with Gasteiger partial charge in [0.25, 0.3) is 0 Å². The molecule has 0 aliphatic heterocycles. The lowest BCUT2D eigenvalue weighted by Gasteiger charge is -2.37. The first-order chi connectivity index (χ1) is 5.23. The molecule has 0 amide bonds. The Morgan fingerprint density at radius 2 is 1.58 bits per heavy atom. The SMILES string of the molecule is CCC(C)(N=C(N)N)C(C)(C)C. The van der Waals surface area contributed by atoms with Crippen molar-refractivity contribution in [2.24, 2.45) is 21.9 Å². The minimum absolute atomic E-state index is 0.0890. The highest BCUT2D eigenvalue weighted by Gasteiger charge is 2.35. The predicted octanol–water partition coefficient (Wildman–Crippen LogP) is 1.47. The summed E-state index contributed by atoms with van der Waals surface area (Å²) in [6.45, 7) is 10.6. The Bertz CT molecular complexity index is 175. The van der Waals surface area contributed by atoms with Crippen LogP contribution in [0.25, 0.3) is 0 Å². The van der Waals surface area contributed by atoms with E-state index < -0.39 is 0 Å². The molecule has 0 radical (unpaired) electrons. The van der Waals surface area contributed by atoms with Crippen LogP contribution in [0.15, 0.2) is 4.99 Å². The summed E-state index contributed by atoms with van der Waals surface area (Å²) < 4.78 is 0. The fourth-order valence-electron chi connectivity index (χ4n) is 1.06. The normalized spacial score (nSPS) is 16.8. The average molecular weight is 171 g/mol. The molecule has 1 unspecified atom stereocenters. The Kier molecular flexibility index (Phi) is 3.13. The Balaban J connectivity index is 4.82. The van der Waals surface area contributed by atoms with Gasteiger partial charge in [-0.15, -0.1) is 0 Å². The van der Waals surface area contributed by atoms with Crippen molar-refractivity contribution in [3.63, 3.8) is 0 Å². The second-order valence-corrected chi connectivity index (χ2v) is 4.41. The van der Waals surface area contributed by atoms with Crippen LogP contribution >= 0.6 is 0 Å². The molecule has 72 valence electrons. The van der Waals surface area contributed by atoms with Gasteiger partial charge in [0, 0.05) is 0 Å². The molecule has 0 aromatic heterocycles. The summed E-state index contributed by atoms with van der Waals surface area (Å²) in [4.78, 5) is 4.27. The van der Waals surface area contributed by atoms with Gasteiger partial charge in [-0.1, -0.05) is 27.7 Å². The molecule has 0 rings (SSSR count). The van der Waals surface area contributed by atoms with Gasteiger partial charge in [-0.25, -0.2) is 4.99 Å². The van der Waals surface area contributed by atoms with Crippen molar-refractivity contribution in [1.29, 1.82) is 0 Å². The van der Waals surface area contributed by atoms with E-state index in [0.29, 0.717) is 0 Å². The summed E-state index contributed by atoms with van der Waals surface area (Å²) in [6.07, 6.45) is 0.939. The highest BCUT2D eigenvalue weighted by atomic mass is 15.0. The number of hydrogen-bond donors (Lipinski definition) is 2. The molecule has 0 heterocycles. The summed E-state index contributed by atoms with van der Waals surface area (Å²) in [5.74, 6) is 0.175. The Hall–Kier alpha value is -0.730. The third kappa shape index (κ3) is 2.40. The van der Waals surface area contributed by atoms with E-state index in [-0.39, 0.29) is 16.9 Å². The van der Waals surface area contributed by atoms with Gasteiger partial charge in [0.1, 0.15) is 0 Å². The van der Waals surface area contributed by atoms with E-state index in [1.165, 1.54) is 0 Å². The van der Waals surface area contributed by atoms with Gasteiger partial charge in [0.15, 0.2) is 5.96 Å². The van der Waals surface area contributed by atoms with E-state index in [1.807, 2.05) is 0 Å². The molecule has 0 saturated carbocycles. The number of hydrogen-bond acceptors (Lipinski definition) is 1. The number of nitrogens with zero attached hydrogens (tertiary/aromatic N) is 1. The zero-order chi connectivity index (χ0) is 9.99. The third-order valence-electron chi connectivity index (χ3n) is 2.68. The van der Waals surface area contributed by atoms with Crippen molar-refractivity contribution in [1.82, 2.24) is 0 Å². The highest BCUT2D eigenvalue weighted by Crippen LogP contribution is 2.35. The second-order valence-electron chi connectivity index (χ2n) is 4.41. The van der Waals surface area contributed by atoms with Gasteiger partial charge in [-0.3, -0.25) is 0 Å². The topological polar surface area (TPSA) is 64.4 Å². The first-order valence-corrected chi connectivity index (χ1v) is 4.34. The fraction of sp³-hybridized carbons (Fsp3) is 0.889. The number of rotatable bonds is 2. The molecular weight excluding hydrogens is 150 g/mol. The fourth-order valence-corrected chi connectivity index (χ4v) is 1.06. The Labute approximate surface area is 75.2 Å². The molecule has 0 aliphatic carbocycles. The number of nitrogens with two attached hydrogens (primary N) is 2. The predicted molar refractivity (Wildman–Crippen MR) is 54.0 cm³/mol. The molecule has 3 nitrogen and oxygen atoms in total. The van der Waals surface area contributed by atoms with Crippen LogP contribution in [0.1, 0.15) is 41.0 Å². The van der Waals surface area contributed by atoms with Gasteiger partial charge >= 0.3 is 0 Å². The maximum absolute atomic E-state index is 5.38. The zero-order valence-electron chi connectivity index (χ0n) is 8.81. The monoisotopic (exact) mass is 171 g/mol. The van der Waals surface area contributed by atoms with E-state index in [0.717, 1.165) is 6.42 Å². The molecule has 4 N–H and O–H groups in total. The molecule has 0 aromatic rings. The summed E-state index contributed by atoms with van der Waals surface area (Å²) >= 11 is 0. The van der Waals surface area contributed by atoms with E-state index >= 15 is 0 Å². The van der Waals surface area contributed by atoms with E-state index in [4.69, 9.17) is 11.5 Å². The molecule has 1 atom stereocenters. The van der Waals surface area contributed by atoms with Crippen molar-refractivity contribution in [3.8, 4) is 0 Å². The first kappa shape index (κ1) is 11.3. The minimum Gasteiger partial charge on any atom is -0.370 e. The van der Waals surface area contributed by atoms with Gasteiger partial charge in [-0.05, 0) is 18.8 Å². The van der Waals surface area contributed by atoms with Crippen LogP contribution in [0.2, 0.25) is 0 Å². The average Bonchev–Trinajstić information content (AvgIpc) is 1.83. The molecule has 3 heteroatoms. The summed E-state index contributed by atoms with van der Waals surface area (Å²) in [7, 11) is 0. The highest BCUT2D eigenvalue weighted by molar-refractivity contribution is 5.76. The smallest absolute Gasteiger partial charge is 0.186 e. The van der Waals surface area contributed by atoms with Crippen molar-refractivity contribution < 1.29 is 0 Å². The molecular formula is C9H21N3. The van der Waals surface area contributed by atoms with E-state index in [9.17, 15) is 0 Å². The Morgan fingerprint density at radius 3 is 1.67 bits per heavy atom. The first-order valence-electron chi connectivity index (χ1n) is 4.34. The second kappa shape index (κ2) is 3.33. The van der Waals surface area contributed by atoms with Crippen LogP contribution in [0.5, 0.6) is 0 Å². The molecule has 0 saturated heterocycles. The summed E-state index contributed by atoms with van der Waals surface area (Å²) in [5, 5.41) is 0. The van der Waals surface area contributed by atoms with Gasteiger partial charge in [0.05, 0.1) is 5.54 Å². The maximum Gasteiger partial charge on any atom is 0.186 e. The van der Waals surface area contributed by atoms with Crippen molar-refractivity contribution in [2.75, 3.05) is 0 Å². The number of guanidine groups is 1. The van der Waals surface area contributed by atoms with Crippen LogP contribution < -0.4 is 11.5 Å². The van der Waals surface area contributed by atoms with Gasteiger partial charge in [0.2, 0.25) is 0 Å². The van der Waals surface area contributed by atoms with E-state index in [2.05, 4.69) is 39.6 Å². The molecule has 0 bridgehead atoms. The maximum atomic E-state index is 5.38. The minimum atomic E-state index is -0.161. The molecule has 0 spiro atoms. The van der Waals surface area contributed by atoms with Crippen molar-refractivity contribution in [2.45, 2.75) is 46.6 Å². The van der Waals surface area contributed by atoms with Crippen LogP contribution in [0.4, 0.5) is 0 Å². The lowest BCUT2D eigenvalue weighted by molar-refractivity contribution is 0.204. The third-order valence-corrected chi connectivity index (χ3v) is 2.68. The van der Waals surface area contributed by atoms with Gasteiger partial charge < -0.3 is 11.5 Å². The van der Waals surface area contributed by atoms with Crippen LogP contribution in [-0.2, 0) is 0 Å². The Morgan fingerprint density at radius 1 is 1.17 bits per heavy atom. The largest absolute Gasteiger partial charge is 0.370 e. The lowest BCUT2D eigenvalue weighted by Crippen LogP contribution is -2.41. The van der Waals surface area contributed by atoms with Crippen LogP contribution in [0.3, 0.4) is 0 Å².